The highest BCUT2D eigenvalue weighted by Crippen LogP contribution is 2.45. The number of ether oxygens (including phenoxy) is 1. The third kappa shape index (κ3) is 2.37. The maximum absolute atomic E-state index is 10.7. The van der Waals surface area contributed by atoms with Crippen LogP contribution in [0.15, 0.2) is 36.4 Å². The van der Waals surface area contributed by atoms with E-state index in [0.29, 0.717) is 6.42 Å². The highest BCUT2D eigenvalue weighted by Gasteiger charge is 2.48. The number of hydrogen-bond donors (Lipinski definition) is 0. The molecule has 1 aromatic rings. The van der Waals surface area contributed by atoms with Gasteiger partial charge in [-0.3, -0.25) is 10.1 Å². The van der Waals surface area contributed by atoms with Crippen LogP contribution >= 0.6 is 0 Å². The number of methoxy groups -OCH3 is 1. The Morgan fingerprint density at radius 1 is 1.33 bits per heavy atom. The average Bonchev–Trinajstić information content (AvgIpc) is 2.53. The van der Waals surface area contributed by atoms with Crippen LogP contribution in [-0.2, 0) is 4.74 Å². The first kappa shape index (κ1) is 14.7. The predicted octanol–water partition coefficient (Wildman–Crippen LogP) is 2.69. The number of nitro benzene ring substituents is 1. The Morgan fingerprint density at radius 2 is 1.95 bits per heavy atom. The van der Waals surface area contributed by atoms with E-state index in [1.807, 2.05) is 6.08 Å². The second-order valence-corrected chi connectivity index (χ2v) is 4.81. The summed E-state index contributed by atoms with van der Waals surface area (Å²) in [4.78, 5) is 10.2. The molecule has 6 heteroatoms. The van der Waals surface area contributed by atoms with E-state index in [-0.39, 0.29) is 11.6 Å². The molecule has 1 aliphatic carbocycles. The molecule has 21 heavy (non-hydrogen) atoms. The lowest BCUT2D eigenvalue weighted by Crippen LogP contribution is -2.40. The van der Waals surface area contributed by atoms with Crippen LogP contribution in [0.1, 0.15) is 17.9 Å². The SMILES string of the molecule is CO[C@@H]1C=CC[C@@H](c2ccc([N+](=O)[O-])cc2)C1(C#N)C#N. The van der Waals surface area contributed by atoms with Gasteiger partial charge in [-0.05, 0) is 12.0 Å². The highest BCUT2D eigenvalue weighted by atomic mass is 16.6. The highest BCUT2D eigenvalue weighted by molar-refractivity contribution is 5.41. The molecule has 0 fully saturated rings. The Kier molecular flexibility index (Phi) is 4.02. The number of nitriles is 2. The average molecular weight is 283 g/mol. The Balaban J connectivity index is 2.46. The van der Waals surface area contributed by atoms with Crippen molar-refractivity contribution in [2.24, 2.45) is 5.41 Å². The summed E-state index contributed by atoms with van der Waals surface area (Å²) in [7, 11) is 1.46. The van der Waals surface area contributed by atoms with Crippen molar-refractivity contribution < 1.29 is 9.66 Å². The molecule has 0 radical (unpaired) electrons. The van der Waals surface area contributed by atoms with Crippen molar-refractivity contribution in [3.63, 3.8) is 0 Å². The van der Waals surface area contributed by atoms with Gasteiger partial charge in [0.25, 0.3) is 5.69 Å². The van der Waals surface area contributed by atoms with E-state index in [4.69, 9.17) is 4.74 Å². The van der Waals surface area contributed by atoms with Gasteiger partial charge in [-0.2, -0.15) is 10.5 Å². The van der Waals surface area contributed by atoms with Gasteiger partial charge in [-0.15, -0.1) is 0 Å². The monoisotopic (exact) mass is 283 g/mol. The van der Waals surface area contributed by atoms with Crippen LogP contribution in [0, 0.1) is 38.2 Å². The quantitative estimate of drug-likeness (QED) is 0.482. The van der Waals surface area contributed by atoms with E-state index in [9.17, 15) is 20.6 Å². The number of nitrogens with zero attached hydrogens (tertiary/aromatic N) is 3. The zero-order valence-corrected chi connectivity index (χ0v) is 11.4. The molecule has 0 aromatic heterocycles. The van der Waals surface area contributed by atoms with Crippen LogP contribution in [0.3, 0.4) is 0 Å². The summed E-state index contributed by atoms with van der Waals surface area (Å²) >= 11 is 0. The summed E-state index contributed by atoms with van der Waals surface area (Å²) in [6, 6.07) is 10.1. The van der Waals surface area contributed by atoms with Gasteiger partial charge in [-0.25, -0.2) is 0 Å². The van der Waals surface area contributed by atoms with Crippen LogP contribution in [0.4, 0.5) is 5.69 Å². The summed E-state index contributed by atoms with van der Waals surface area (Å²) < 4.78 is 5.26. The zero-order chi connectivity index (χ0) is 15.5. The van der Waals surface area contributed by atoms with Crippen molar-refractivity contribution in [2.45, 2.75) is 18.4 Å². The number of nitro groups is 1. The van der Waals surface area contributed by atoms with Gasteiger partial charge in [0.1, 0.15) is 6.10 Å². The van der Waals surface area contributed by atoms with Gasteiger partial charge in [0.15, 0.2) is 5.41 Å². The van der Waals surface area contributed by atoms with Gasteiger partial charge < -0.3 is 4.74 Å². The van der Waals surface area contributed by atoms with Gasteiger partial charge in [0.05, 0.1) is 17.1 Å². The predicted molar refractivity (Wildman–Crippen MR) is 74.1 cm³/mol. The van der Waals surface area contributed by atoms with Crippen molar-refractivity contribution >= 4 is 5.69 Å². The fraction of sp³-hybridized carbons (Fsp3) is 0.333. The fourth-order valence-corrected chi connectivity index (χ4v) is 2.67. The molecule has 0 saturated heterocycles. The number of allylic oxidation sites excluding steroid dienone is 1. The second-order valence-electron chi connectivity index (χ2n) is 4.81. The van der Waals surface area contributed by atoms with Crippen LogP contribution in [0.5, 0.6) is 0 Å². The van der Waals surface area contributed by atoms with E-state index in [1.54, 1.807) is 18.2 Å². The van der Waals surface area contributed by atoms with Gasteiger partial charge in [-0.1, -0.05) is 24.3 Å². The third-order valence-electron chi connectivity index (χ3n) is 3.81. The van der Waals surface area contributed by atoms with E-state index in [1.165, 1.54) is 19.2 Å². The molecular weight excluding hydrogens is 270 g/mol. The molecule has 0 unspecified atom stereocenters. The normalized spacial score (nSPS) is 23.0. The van der Waals surface area contributed by atoms with Crippen LogP contribution < -0.4 is 0 Å². The molecule has 2 rings (SSSR count). The van der Waals surface area contributed by atoms with Crippen LogP contribution in [-0.4, -0.2) is 18.1 Å². The van der Waals surface area contributed by atoms with Crippen LogP contribution in [0.2, 0.25) is 0 Å². The molecule has 106 valence electrons. The lowest BCUT2D eigenvalue weighted by molar-refractivity contribution is -0.384. The topological polar surface area (TPSA) is 99.9 Å². The summed E-state index contributed by atoms with van der Waals surface area (Å²) in [5.74, 6) is -0.386. The minimum atomic E-state index is -1.33. The number of hydrogen-bond acceptors (Lipinski definition) is 5. The van der Waals surface area contributed by atoms with Gasteiger partial charge in [0.2, 0.25) is 0 Å². The molecule has 0 saturated carbocycles. The maximum atomic E-state index is 10.7. The summed E-state index contributed by atoms with van der Waals surface area (Å²) in [6.45, 7) is 0. The first-order valence-corrected chi connectivity index (χ1v) is 6.35. The molecule has 1 aromatic carbocycles. The smallest absolute Gasteiger partial charge is 0.269 e. The molecule has 0 N–H and O–H groups in total. The van der Waals surface area contributed by atoms with Crippen molar-refractivity contribution in [3.05, 3.63) is 52.1 Å². The molecule has 0 amide bonds. The Hall–Kier alpha value is -2.70. The molecule has 1 aliphatic rings. The minimum absolute atomic E-state index is 0.0205. The lowest BCUT2D eigenvalue weighted by Gasteiger charge is -2.36. The largest absolute Gasteiger partial charge is 0.375 e. The Labute approximate surface area is 122 Å². The summed E-state index contributed by atoms with van der Waals surface area (Å²) in [5, 5.41) is 29.7. The van der Waals surface area contributed by atoms with Gasteiger partial charge >= 0.3 is 0 Å². The molecule has 0 heterocycles. The summed E-state index contributed by atoms with van der Waals surface area (Å²) in [6.07, 6.45) is 3.47. The zero-order valence-electron chi connectivity index (χ0n) is 11.4. The van der Waals surface area contributed by atoms with Crippen molar-refractivity contribution in [2.75, 3.05) is 7.11 Å². The van der Waals surface area contributed by atoms with E-state index in [0.717, 1.165) is 5.56 Å². The number of rotatable bonds is 3. The second kappa shape index (κ2) is 5.74. The van der Waals surface area contributed by atoms with Gasteiger partial charge in [0, 0.05) is 25.2 Å². The van der Waals surface area contributed by atoms with Crippen molar-refractivity contribution in [1.29, 1.82) is 10.5 Å². The van der Waals surface area contributed by atoms with E-state index < -0.39 is 16.4 Å². The minimum Gasteiger partial charge on any atom is -0.375 e. The van der Waals surface area contributed by atoms with Crippen LogP contribution in [0.25, 0.3) is 0 Å². The maximum Gasteiger partial charge on any atom is 0.269 e. The molecular formula is C15H13N3O3. The lowest BCUT2D eigenvalue weighted by atomic mass is 9.66. The van der Waals surface area contributed by atoms with E-state index >= 15 is 0 Å². The molecule has 0 aliphatic heterocycles. The van der Waals surface area contributed by atoms with Crippen molar-refractivity contribution in [3.8, 4) is 12.1 Å². The Morgan fingerprint density at radius 3 is 2.43 bits per heavy atom. The molecule has 0 bridgehead atoms. The number of non-ortho nitro benzene ring substituents is 1. The van der Waals surface area contributed by atoms with E-state index in [2.05, 4.69) is 12.1 Å². The molecule has 6 nitrogen and oxygen atoms in total. The third-order valence-corrected chi connectivity index (χ3v) is 3.81. The molecule has 2 atom stereocenters. The fourth-order valence-electron chi connectivity index (χ4n) is 2.67. The Bertz CT molecular complexity index is 638. The van der Waals surface area contributed by atoms with Crippen molar-refractivity contribution in [1.82, 2.24) is 0 Å². The standard InChI is InChI=1S/C15H13N3O3/c1-21-14-4-2-3-13(15(14,9-16)10-17)11-5-7-12(8-6-11)18(19)20/h2,4-8,13-14H,3H2,1H3/t13-,14+/m0/s1. The first-order chi connectivity index (χ1) is 10.1. The number of benzene rings is 1. The summed E-state index contributed by atoms with van der Waals surface area (Å²) in [5.41, 5.74) is -0.636. The molecule has 0 spiro atoms. The first-order valence-electron chi connectivity index (χ1n) is 6.35.